The smallest absolute Gasteiger partial charge is 0.414 e. The largest absolute Gasteiger partial charge is 0.508 e. The minimum atomic E-state index is -0.348. The number of phenolic OH excluding ortho intramolecular Hbond substituents is 1. The van der Waals surface area contributed by atoms with Gasteiger partial charge in [0.2, 0.25) is 0 Å². The van der Waals surface area contributed by atoms with Crippen LogP contribution in [0.2, 0.25) is 0 Å². The van der Waals surface area contributed by atoms with Crippen molar-refractivity contribution in [2.75, 3.05) is 13.1 Å². The predicted octanol–water partition coefficient (Wildman–Crippen LogP) is 2.46. The molecule has 1 N–H and O–H groups in total. The first-order valence-corrected chi connectivity index (χ1v) is 5.99. The average molecular weight is 247 g/mol. The Hall–Kier alpha value is -1.97. The lowest BCUT2D eigenvalue weighted by Gasteiger charge is -2.19. The zero-order valence-corrected chi connectivity index (χ0v) is 10.5. The molecule has 1 aromatic carbocycles. The number of allylic oxidation sites excluding steroid dienone is 1. The van der Waals surface area contributed by atoms with E-state index >= 15 is 0 Å². The fourth-order valence-electron chi connectivity index (χ4n) is 2.11. The number of fused-ring (bicyclic) bond motifs is 1. The van der Waals surface area contributed by atoms with Crippen molar-refractivity contribution in [3.8, 4) is 5.75 Å². The van der Waals surface area contributed by atoms with E-state index < -0.39 is 0 Å². The van der Waals surface area contributed by atoms with E-state index in [1.165, 1.54) is 5.56 Å². The van der Waals surface area contributed by atoms with Crippen LogP contribution in [0.15, 0.2) is 30.5 Å². The van der Waals surface area contributed by atoms with E-state index in [0.717, 1.165) is 18.4 Å². The first-order chi connectivity index (χ1) is 8.56. The molecule has 0 unspecified atom stereocenters. The number of carbonyl (C=O) groups excluding carboxylic acids is 1. The van der Waals surface area contributed by atoms with Crippen LogP contribution in [0.3, 0.4) is 0 Å². The van der Waals surface area contributed by atoms with Crippen molar-refractivity contribution in [2.24, 2.45) is 0 Å². The third-order valence-electron chi connectivity index (χ3n) is 3.01. The van der Waals surface area contributed by atoms with Gasteiger partial charge in [0.05, 0.1) is 5.76 Å². The van der Waals surface area contributed by atoms with Gasteiger partial charge in [-0.25, -0.2) is 4.79 Å². The highest BCUT2D eigenvalue weighted by Gasteiger charge is 2.19. The van der Waals surface area contributed by atoms with Gasteiger partial charge in [-0.15, -0.1) is 0 Å². The fourth-order valence-corrected chi connectivity index (χ4v) is 2.11. The Labute approximate surface area is 106 Å². The second-order valence-corrected chi connectivity index (χ2v) is 4.51. The topological polar surface area (TPSA) is 49.8 Å². The van der Waals surface area contributed by atoms with Crippen LogP contribution in [0.25, 0.3) is 0 Å². The van der Waals surface area contributed by atoms with E-state index in [0.29, 0.717) is 18.8 Å². The van der Waals surface area contributed by atoms with Crippen molar-refractivity contribution in [2.45, 2.75) is 19.8 Å². The first kappa shape index (κ1) is 12.5. The van der Waals surface area contributed by atoms with Crippen molar-refractivity contribution in [1.82, 2.24) is 4.90 Å². The van der Waals surface area contributed by atoms with E-state index in [9.17, 15) is 9.90 Å². The molecule has 0 aliphatic carbocycles. The van der Waals surface area contributed by atoms with Crippen LogP contribution in [-0.2, 0) is 17.6 Å². The molecule has 0 spiro atoms. The van der Waals surface area contributed by atoms with Crippen LogP contribution in [0, 0.1) is 0 Å². The summed E-state index contributed by atoms with van der Waals surface area (Å²) in [4.78, 5) is 13.4. The number of benzene rings is 1. The molecule has 4 nitrogen and oxygen atoms in total. The van der Waals surface area contributed by atoms with Crippen molar-refractivity contribution in [3.05, 3.63) is 41.7 Å². The number of hydrogen-bond acceptors (Lipinski definition) is 3. The third-order valence-corrected chi connectivity index (χ3v) is 3.01. The van der Waals surface area contributed by atoms with Gasteiger partial charge in [0.25, 0.3) is 0 Å². The lowest BCUT2D eigenvalue weighted by Crippen LogP contribution is -2.33. The van der Waals surface area contributed by atoms with Crippen LogP contribution in [-0.4, -0.2) is 29.2 Å². The summed E-state index contributed by atoms with van der Waals surface area (Å²) < 4.78 is 5.01. The monoisotopic (exact) mass is 247 g/mol. The molecule has 1 aliphatic heterocycles. The number of phenols is 1. The number of hydrogen-bond donors (Lipinski definition) is 1. The highest BCUT2D eigenvalue weighted by molar-refractivity contribution is 5.69. The van der Waals surface area contributed by atoms with Crippen molar-refractivity contribution in [3.63, 3.8) is 0 Å². The Morgan fingerprint density at radius 3 is 2.67 bits per heavy atom. The molecule has 18 heavy (non-hydrogen) atoms. The van der Waals surface area contributed by atoms with Crippen molar-refractivity contribution < 1.29 is 14.6 Å². The summed E-state index contributed by atoms with van der Waals surface area (Å²) in [6.45, 7) is 6.45. The Morgan fingerprint density at radius 2 is 2.00 bits per heavy atom. The van der Waals surface area contributed by atoms with Crippen molar-refractivity contribution >= 4 is 6.09 Å². The van der Waals surface area contributed by atoms with E-state index in [4.69, 9.17) is 4.74 Å². The maximum atomic E-state index is 11.8. The van der Waals surface area contributed by atoms with Crippen LogP contribution >= 0.6 is 0 Å². The predicted molar refractivity (Wildman–Crippen MR) is 68.4 cm³/mol. The molecule has 96 valence electrons. The quantitative estimate of drug-likeness (QED) is 0.775. The van der Waals surface area contributed by atoms with E-state index in [1.807, 2.05) is 6.07 Å². The van der Waals surface area contributed by atoms with Gasteiger partial charge < -0.3 is 14.7 Å². The van der Waals surface area contributed by atoms with Gasteiger partial charge >= 0.3 is 6.09 Å². The molecule has 1 aromatic rings. The molecule has 0 saturated carbocycles. The Kier molecular flexibility index (Phi) is 3.55. The van der Waals surface area contributed by atoms with E-state index in [2.05, 4.69) is 6.58 Å². The molecule has 4 heteroatoms. The molecule has 0 radical (unpaired) electrons. The number of amides is 1. The molecular formula is C14H17NO3. The summed E-state index contributed by atoms with van der Waals surface area (Å²) in [5.41, 5.74) is 2.28. The SMILES string of the molecule is C=C(C)OC(=O)N1CCc2ccc(O)cc2CC1. The lowest BCUT2D eigenvalue weighted by molar-refractivity contribution is 0.131. The van der Waals surface area contributed by atoms with Crippen LogP contribution < -0.4 is 0 Å². The van der Waals surface area contributed by atoms with Gasteiger partial charge in [0, 0.05) is 13.1 Å². The van der Waals surface area contributed by atoms with Crippen LogP contribution in [0.4, 0.5) is 4.79 Å². The minimum Gasteiger partial charge on any atom is -0.508 e. The normalized spacial score (nSPS) is 14.6. The lowest BCUT2D eigenvalue weighted by atomic mass is 10.0. The standard InChI is InChI=1S/C14H17NO3/c1-10(2)18-14(17)15-7-5-11-3-4-13(16)9-12(11)6-8-15/h3-4,9,16H,1,5-8H2,2H3. The van der Waals surface area contributed by atoms with E-state index in [1.54, 1.807) is 24.0 Å². The van der Waals surface area contributed by atoms with Gasteiger partial charge in [0.1, 0.15) is 5.75 Å². The summed E-state index contributed by atoms with van der Waals surface area (Å²) in [7, 11) is 0. The molecule has 0 aromatic heterocycles. The highest BCUT2D eigenvalue weighted by atomic mass is 16.6. The zero-order chi connectivity index (χ0) is 13.1. The number of ether oxygens (including phenoxy) is 1. The Bertz CT molecular complexity index is 482. The molecule has 1 aliphatic rings. The number of carbonyl (C=O) groups is 1. The van der Waals surface area contributed by atoms with Gasteiger partial charge in [-0.2, -0.15) is 0 Å². The summed E-state index contributed by atoms with van der Waals surface area (Å²) in [5, 5.41) is 9.46. The Morgan fingerprint density at radius 1 is 1.33 bits per heavy atom. The molecule has 2 rings (SSSR count). The average Bonchev–Trinajstić information content (AvgIpc) is 2.50. The summed E-state index contributed by atoms with van der Waals surface area (Å²) in [6, 6.07) is 5.36. The summed E-state index contributed by atoms with van der Waals surface area (Å²) in [5.74, 6) is 0.672. The van der Waals surface area contributed by atoms with Crippen molar-refractivity contribution in [1.29, 1.82) is 0 Å². The fraction of sp³-hybridized carbons (Fsp3) is 0.357. The van der Waals surface area contributed by atoms with Crippen LogP contribution in [0.1, 0.15) is 18.1 Å². The number of rotatable bonds is 1. The number of nitrogens with zero attached hydrogens (tertiary/aromatic N) is 1. The maximum absolute atomic E-state index is 11.8. The second-order valence-electron chi connectivity index (χ2n) is 4.51. The van der Waals surface area contributed by atoms with Gasteiger partial charge in [-0.05, 0) is 43.0 Å². The zero-order valence-electron chi connectivity index (χ0n) is 10.5. The second kappa shape index (κ2) is 5.12. The van der Waals surface area contributed by atoms with E-state index in [-0.39, 0.29) is 11.8 Å². The molecular weight excluding hydrogens is 230 g/mol. The molecule has 1 amide bonds. The third kappa shape index (κ3) is 2.83. The number of aromatic hydroxyl groups is 1. The van der Waals surface area contributed by atoms with Crippen LogP contribution in [0.5, 0.6) is 5.75 Å². The molecule has 1 heterocycles. The summed E-state index contributed by atoms with van der Waals surface area (Å²) in [6.07, 6.45) is 1.16. The highest BCUT2D eigenvalue weighted by Crippen LogP contribution is 2.21. The maximum Gasteiger partial charge on any atom is 0.414 e. The van der Waals surface area contributed by atoms with Gasteiger partial charge in [0.15, 0.2) is 0 Å². The molecule has 0 fully saturated rings. The van der Waals surface area contributed by atoms with Gasteiger partial charge in [-0.1, -0.05) is 12.6 Å². The Balaban J connectivity index is 2.07. The minimum absolute atomic E-state index is 0.270. The molecule has 0 saturated heterocycles. The van der Waals surface area contributed by atoms with Gasteiger partial charge in [-0.3, -0.25) is 0 Å². The molecule has 0 atom stereocenters. The molecule has 0 bridgehead atoms. The summed E-state index contributed by atoms with van der Waals surface area (Å²) >= 11 is 0. The first-order valence-electron chi connectivity index (χ1n) is 5.99.